The van der Waals surface area contributed by atoms with E-state index in [2.05, 4.69) is 115 Å². The monoisotopic (exact) mass is 402 g/mol. The van der Waals surface area contributed by atoms with Gasteiger partial charge in [0.2, 0.25) is 6.71 Å². The van der Waals surface area contributed by atoms with Crippen molar-refractivity contribution in [2.75, 3.05) is 0 Å². The van der Waals surface area contributed by atoms with Gasteiger partial charge < -0.3 is 0 Å². The summed E-state index contributed by atoms with van der Waals surface area (Å²) in [6, 6.07) is 43.3. The fourth-order valence-corrected chi connectivity index (χ4v) is 6.96. The molecule has 0 saturated carbocycles. The summed E-state index contributed by atoms with van der Waals surface area (Å²) in [5.41, 5.74) is 15.4. The van der Waals surface area contributed by atoms with Crippen LogP contribution in [0, 0.1) is 0 Å². The average Bonchev–Trinajstić information content (AvgIpc) is 3.35. The molecule has 2 heterocycles. The van der Waals surface area contributed by atoms with Crippen LogP contribution in [0.1, 0.15) is 22.3 Å². The Morgan fingerprint density at radius 2 is 0.875 bits per heavy atom. The van der Waals surface area contributed by atoms with Gasteiger partial charge in [-0.2, -0.15) is 0 Å². The Kier molecular flexibility index (Phi) is 2.99. The highest BCUT2D eigenvalue weighted by atomic mass is 14.5. The summed E-state index contributed by atoms with van der Waals surface area (Å²) in [5, 5.41) is 0. The first kappa shape index (κ1) is 16.8. The van der Waals surface area contributed by atoms with Crippen molar-refractivity contribution in [2.45, 2.75) is 5.41 Å². The van der Waals surface area contributed by atoms with Crippen LogP contribution < -0.4 is 16.4 Å². The lowest BCUT2D eigenvalue weighted by Gasteiger charge is -2.42. The molecule has 1 heteroatoms. The van der Waals surface area contributed by atoms with Gasteiger partial charge in [0.25, 0.3) is 0 Å². The minimum Gasteiger partial charge on any atom is -0.0666 e. The molecule has 0 atom stereocenters. The molecule has 1 aliphatic carbocycles. The SMILES string of the molecule is c1ccc2c(c1)B1c3ccccc3C3(c4ccccc4-c4ccccc43)c3cccc-2c31. The lowest BCUT2D eigenvalue weighted by molar-refractivity contribution is 0.775. The fourth-order valence-electron chi connectivity index (χ4n) is 6.96. The summed E-state index contributed by atoms with van der Waals surface area (Å²) < 4.78 is 0. The lowest BCUT2D eigenvalue weighted by atomic mass is 9.32. The Morgan fingerprint density at radius 1 is 0.375 bits per heavy atom. The van der Waals surface area contributed by atoms with Gasteiger partial charge in [0.15, 0.2) is 0 Å². The predicted octanol–water partition coefficient (Wildman–Crippen LogP) is 4.86. The van der Waals surface area contributed by atoms with E-state index in [1.807, 2.05) is 0 Å². The van der Waals surface area contributed by atoms with E-state index in [1.165, 1.54) is 60.9 Å². The van der Waals surface area contributed by atoms with E-state index < -0.39 is 0 Å². The zero-order chi connectivity index (χ0) is 20.9. The predicted molar refractivity (Wildman–Crippen MR) is 134 cm³/mol. The first-order valence-electron chi connectivity index (χ1n) is 11.4. The molecule has 2 aliphatic heterocycles. The van der Waals surface area contributed by atoms with Gasteiger partial charge in [-0.05, 0) is 44.5 Å². The number of rotatable bonds is 0. The summed E-state index contributed by atoms with van der Waals surface area (Å²) in [6.07, 6.45) is 0. The highest BCUT2D eigenvalue weighted by Crippen LogP contribution is 2.56. The van der Waals surface area contributed by atoms with Gasteiger partial charge in [0.1, 0.15) is 0 Å². The zero-order valence-electron chi connectivity index (χ0n) is 17.5. The fraction of sp³-hybridized carbons (Fsp3) is 0.0323. The Hall–Kier alpha value is -3.84. The van der Waals surface area contributed by atoms with Crippen LogP contribution in [0.5, 0.6) is 0 Å². The molecule has 1 spiro atoms. The minimum absolute atomic E-state index is 0.270. The molecule has 32 heavy (non-hydrogen) atoms. The quantitative estimate of drug-likeness (QED) is 0.318. The molecule has 0 nitrogen and oxygen atoms in total. The third-order valence-electron chi connectivity index (χ3n) is 7.99. The van der Waals surface area contributed by atoms with E-state index in [1.54, 1.807) is 0 Å². The molecule has 8 rings (SSSR count). The smallest absolute Gasteiger partial charge is 0.0666 e. The molecule has 0 fully saturated rings. The number of benzene rings is 5. The van der Waals surface area contributed by atoms with Gasteiger partial charge in [0.05, 0.1) is 5.41 Å². The molecular weight excluding hydrogens is 383 g/mol. The Morgan fingerprint density at radius 3 is 1.59 bits per heavy atom. The number of hydrogen-bond acceptors (Lipinski definition) is 0. The first-order chi connectivity index (χ1) is 15.9. The molecule has 146 valence electrons. The van der Waals surface area contributed by atoms with E-state index in [0.29, 0.717) is 6.71 Å². The maximum Gasteiger partial charge on any atom is 0.243 e. The van der Waals surface area contributed by atoms with Crippen molar-refractivity contribution in [2.24, 2.45) is 0 Å². The van der Waals surface area contributed by atoms with E-state index >= 15 is 0 Å². The van der Waals surface area contributed by atoms with E-state index in [9.17, 15) is 0 Å². The number of hydrogen-bond donors (Lipinski definition) is 0. The van der Waals surface area contributed by atoms with Crippen molar-refractivity contribution >= 4 is 23.1 Å². The molecule has 0 unspecified atom stereocenters. The van der Waals surface area contributed by atoms with Crippen molar-refractivity contribution in [1.29, 1.82) is 0 Å². The van der Waals surface area contributed by atoms with Gasteiger partial charge in [-0.15, -0.1) is 0 Å². The maximum absolute atomic E-state index is 2.40. The largest absolute Gasteiger partial charge is 0.243 e. The van der Waals surface area contributed by atoms with Gasteiger partial charge in [-0.25, -0.2) is 0 Å². The molecule has 0 amide bonds. The van der Waals surface area contributed by atoms with Crippen LogP contribution >= 0.6 is 0 Å². The van der Waals surface area contributed by atoms with Crippen LogP contribution in [-0.2, 0) is 5.41 Å². The van der Waals surface area contributed by atoms with Gasteiger partial charge in [0, 0.05) is 0 Å². The van der Waals surface area contributed by atoms with Crippen LogP contribution in [0.2, 0.25) is 0 Å². The third-order valence-corrected chi connectivity index (χ3v) is 7.99. The minimum atomic E-state index is -0.270. The molecule has 0 aromatic heterocycles. The van der Waals surface area contributed by atoms with Gasteiger partial charge >= 0.3 is 0 Å². The topological polar surface area (TPSA) is 0 Å². The van der Waals surface area contributed by atoms with Crippen LogP contribution in [-0.4, -0.2) is 6.71 Å². The van der Waals surface area contributed by atoms with Crippen molar-refractivity contribution in [3.63, 3.8) is 0 Å². The van der Waals surface area contributed by atoms with E-state index in [-0.39, 0.29) is 5.41 Å². The van der Waals surface area contributed by atoms with Gasteiger partial charge in [-0.3, -0.25) is 0 Å². The van der Waals surface area contributed by atoms with Crippen LogP contribution in [0.4, 0.5) is 0 Å². The third kappa shape index (κ3) is 1.72. The van der Waals surface area contributed by atoms with Crippen molar-refractivity contribution in [3.05, 3.63) is 138 Å². The molecule has 0 radical (unpaired) electrons. The second kappa shape index (κ2) is 5.69. The molecule has 5 aromatic rings. The summed E-state index contributed by atoms with van der Waals surface area (Å²) in [4.78, 5) is 0. The zero-order valence-corrected chi connectivity index (χ0v) is 17.5. The van der Waals surface area contributed by atoms with Crippen molar-refractivity contribution in [1.82, 2.24) is 0 Å². The molecule has 5 aromatic carbocycles. The van der Waals surface area contributed by atoms with E-state index in [0.717, 1.165) is 0 Å². The summed E-state index contributed by atoms with van der Waals surface area (Å²) in [7, 11) is 0. The van der Waals surface area contributed by atoms with Crippen LogP contribution in [0.3, 0.4) is 0 Å². The maximum atomic E-state index is 2.40. The Balaban J connectivity index is 1.62. The second-order valence-corrected chi connectivity index (χ2v) is 9.22. The second-order valence-electron chi connectivity index (χ2n) is 9.22. The van der Waals surface area contributed by atoms with Gasteiger partial charge in [-0.1, -0.05) is 132 Å². The van der Waals surface area contributed by atoms with E-state index in [4.69, 9.17) is 0 Å². The first-order valence-corrected chi connectivity index (χ1v) is 11.4. The Bertz CT molecular complexity index is 1550. The highest BCUT2D eigenvalue weighted by Gasteiger charge is 2.54. The van der Waals surface area contributed by atoms with Crippen LogP contribution in [0.25, 0.3) is 22.3 Å². The molecule has 0 saturated heterocycles. The standard InChI is InChI=1S/C31H19B/c1-4-14-24-20(10-1)21-11-2-5-15-25(21)31(24)26-16-6-8-19-29(26)32-28-18-7-3-12-22(28)23-13-9-17-27(31)30(23)32/h1-19H. The lowest BCUT2D eigenvalue weighted by Crippen LogP contribution is -2.59. The van der Waals surface area contributed by atoms with Crippen molar-refractivity contribution in [3.8, 4) is 22.3 Å². The normalized spacial score (nSPS) is 15.1. The Labute approximate surface area is 188 Å². The van der Waals surface area contributed by atoms with Crippen LogP contribution in [0.15, 0.2) is 115 Å². The molecule has 0 bridgehead atoms. The highest BCUT2D eigenvalue weighted by molar-refractivity contribution is 7.00. The summed E-state index contributed by atoms with van der Waals surface area (Å²) in [6.45, 7) is 0.305. The summed E-state index contributed by atoms with van der Waals surface area (Å²) in [5.74, 6) is 0. The van der Waals surface area contributed by atoms with Crippen molar-refractivity contribution < 1.29 is 0 Å². The average molecular weight is 402 g/mol. The number of fused-ring (bicyclic) bond motifs is 12. The molecule has 3 aliphatic rings. The molecular formula is C31H19B. The molecule has 0 N–H and O–H groups in total. The summed E-state index contributed by atoms with van der Waals surface area (Å²) >= 11 is 0.